The number of benzene rings is 1. The number of amides is 1. The number of carbonyl (C=O) groups excluding carboxylic acids is 1. The molecule has 1 aliphatic heterocycles. The van der Waals surface area contributed by atoms with Crippen molar-refractivity contribution in [3.8, 4) is 0 Å². The molecule has 2 N–H and O–H groups in total. The first kappa shape index (κ1) is 19.3. The molecule has 1 aromatic rings. The molecule has 7 heteroatoms. The van der Waals surface area contributed by atoms with E-state index in [4.69, 9.17) is 0 Å². The Hall–Kier alpha value is -2.02. The molecule has 138 valence electrons. The van der Waals surface area contributed by atoms with E-state index in [-0.39, 0.29) is 31.0 Å². The van der Waals surface area contributed by atoms with Gasteiger partial charge in [0, 0.05) is 18.5 Å². The summed E-state index contributed by atoms with van der Waals surface area (Å²) in [7, 11) is 0. The minimum Gasteiger partial charge on any atom is -0.480 e. The van der Waals surface area contributed by atoms with E-state index < -0.39 is 23.6 Å². The molecule has 0 spiro atoms. The third kappa shape index (κ3) is 5.22. The Kier molecular flexibility index (Phi) is 6.47. The maximum Gasteiger partial charge on any atom is 0.326 e. The number of aliphatic carboxylic acids is 1. The lowest BCUT2D eigenvalue weighted by Crippen LogP contribution is -2.51. The molecule has 5 nitrogen and oxygen atoms in total. The molecule has 0 aromatic heterocycles. The number of carboxylic acids is 1. The normalized spacial score (nSPS) is 22.4. The second kappa shape index (κ2) is 8.38. The first-order valence-corrected chi connectivity index (χ1v) is 8.49. The number of hydrogen-bond acceptors (Lipinski definition) is 3. The van der Waals surface area contributed by atoms with Gasteiger partial charge in [0.15, 0.2) is 11.6 Å². The van der Waals surface area contributed by atoms with Crippen molar-refractivity contribution in [2.24, 2.45) is 0 Å². The number of hydrogen-bond donors (Lipinski definition) is 2. The average Bonchev–Trinajstić information content (AvgIpc) is 2.54. The van der Waals surface area contributed by atoms with Crippen LogP contribution in [0.5, 0.6) is 0 Å². The molecule has 0 radical (unpaired) electrons. The molecule has 1 heterocycles. The fraction of sp³-hybridized carbons (Fsp3) is 0.556. The predicted molar refractivity (Wildman–Crippen MR) is 89.1 cm³/mol. The minimum absolute atomic E-state index is 0.108. The average molecular weight is 354 g/mol. The van der Waals surface area contributed by atoms with Gasteiger partial charge in [0.2, 0.25) is 5.91 Å². The van der Waals surface area contributed by atoms with Gasteiger partial charge in [-0.3, -0.25) is 9.69 Å². The van der Waals surface area contributed by atoms with E-state index in [0.717, 1.165) is 31.4 Å². The van der Waals surface area contributed by atoms with Crippen LogP contribution in [-0.2, 0) is 16.0 Å². The zero-order valence-corrected chi connectivity index (χ0v) is 14.5. The molecule has 1 aromatic carbocycles. The van der Waals surface area contributed by atoms with Crippen molar-refractivity contribution in [3.05, 3.63) is 35.4 Å². The Morgan fingerprint density at radius 3 is 2.44 bits per heavy atom. The number of nitrogens with one attached hydrogen (secondary N) is 1. The molecule has 0 saturated carbocycles. The molecule has 2 rings (SSSR count). The Morgan fingerprint density at radius 2 is 1.88 bits per heavy atom. The lowest BCUT2D eigenvalue weighted by Gasteiger charge is -2.38. The smallest absolute Gasteiger partial charge is 0.326 e. The summed E-state index contributed by atoms with van der Waals surface area (Å²) >= 11 is 0. The van der Waals surface area contributed by atoms with Crippen molar-refractivity contribution in [2.75, 3.05) is 6.54 Å². The highest BCUT2D eigenvalue weighted by Crippen LogP contribution is 2.21. The minimum atomic E-state index is -1.21. The van der Waals surface area contributed by atoms with Crippen molar-refractivity contribution in [1.82, 2.24) is 10.2 Å². The maximum absolute atomic E-state index is 13.3. The number of nitrogens with zero attached hydrogens (tertiary/aromatic N) is 1. The van der Waals surface area contributed by atoms with E-state index in [2.05, 4.69) is 24.1 Å². The third-order valence-electron chi connectivity index (χ3n) is 4.76. The van der Waals surface area contributed by atoms with Crippen LogP contribution in [0.25, 0.3) is 0 Å². The highest BCUT2D eigenvalue weighted by atomic mass is 19.2. The number of carbonyl (C=O) groups is 2. The number of piperidine rings is 1. The number of halogens is 2. The molecule has 0 aliphatic carbocycles. The Balaban J connectivity index is 1.99. The lowest BCUT2D eigenvalue weighted by molar-refractivity contribution is -0.142. The van der Waals surface area contributed by atoms with E-state index in [1.54, 1.807) is 0 Å². The predicted octanol–water partition coefficient (Wildman–Crippen LogP) is 2.34. The quantitative estimate of drug-likeness (QED) is 0.823. The van der Waals surface area contributed by atoms with E-state index >= 15 is 0 Å². The second-order valence-corrected chi connectivity index (χ2v) is 6.71. The van der Waals surface area contributed by atoms with Crippen LogP contribution in [0.1, 0.15) is 38.7 Å². The van der Waals surface area contributed by atoms with Crippen LogP contribution in [0, 0.1) is 11.6 Å². The van der Waals surface area contributed by atoms with Crippen LogP contribution in [0.2, 0.25) is 0 Å². The zero-order chi connectivity index (χ0) is 18.6. The van der Waals surface area contributed by atoms with Crippen LogP contribution in [0.15, 0.2) is 18.2 Å². The molecule has 1 amide bonds. The molecular weight excluding hydrogens is 330 g/mol. The van der Waals surface area contributed by atoms with Crippen LogP contribution in [0.4, 0.5) is 8.78 Å². The van der Waals surface area contributed by atoms with Gasteiger partial charge in [-0.2, -0.15) is 0 Å². The molecule has 3 atom stereocenters. The zero-order valence-electron chi connectivity index (χ0n) is 14.5. The van der Waals surface area contributed by atoms with E-state index in [9.17, 15) is 23.5 Å². The standard InChI is InChI=1S/C18H24F2N2O3/c1-11-4-3-5-12(2)22(11)10-17(23)21-16(18(24)25)9-13-6-7-14(19)15(20)8-13/h6-8,11-12,16H,3-5,9-10H2,1-2H3,(H,21,23)(H,24,25)/t11-,12+,16-/m0/s1. The number of carboxylic acid groups (broad SMARTS) is 1. The van der Waals surface area contributed by atoms with Crippen LogP contribution < -0.4 is 5.32 Å². The summed E-state index contributed by atoms with van der Waals surface area (Å²) in [4.78, 5) is 25.8. The first-order valence-electron chi connectivity index (χ1n) is 8.49. The Morgan fingerprint density at radius 1 is 1.24 bits per heavy atom. The van der Waals surface area contributed by atoms with E-state index in [1.807, 2.05) is 0 Å². The Bertz CT molecular complexity index is 629. The number of likely N-dealkylation sites (tertiary alicyclic amines) is 1. The van der Waals surface area contributed by atoms with Crippen LogP contribution >= 0.6 is 0 Å². The van der Waals surface area contributed by atoms with Gasteiger partial charge in [-0.05, 0) is 44.4 Å². The largest absolute Gasteiger partial charge is 0.480 e. The lowest BCUT2D eigenvalue weighted by atomic mass is 9.97. The van der Waals surface area contributed by atoms with E-state index in [1.165, 1.54) is 6.07 Å². The van der Waals surface area contributed by atoms with E-state index in [0.29, 0.717) is 5.56 Å². The fourth-order valence-corrected chi connectivity index (χ4v) is 3.29. The summed E-state index contributed by atoms with van der Waals surface area (Å²) in [6.07, 6.45) is 3.03. The molecule has 1 saturated heterocycles. The summed E-state index contributed by atoms with van der Waals surface area (Å²) in [6.45, 7) is 4.24. The summed E-state index contributed by atoms with van der Waals surface area (Å²) in [5.74, 6) is -3.62. The maximum atomic E-state index is 13.3. The summed E-state index contributed by atoms with van der Waals surface area (Å²) in [5, 5.41) is 11.8. The SMILES string of the molecule is C[C@@H]1CCC[C@H](C)N1CC(=O)N[C@@H](Cc1ccc(F)c(F)c1)C(=O)O. The summed E-state index contributed by atoms with van der Waals surface area (Å²) < 4.78 is 26.2. The van der Waals surface area contributed by atoms with Gasteiger partial charge in [-0.1, -0.05) is 12.5 Å². The van der Waals surface area contributed by atoms with Gasteiger partial charge in [-0.15, -0.1) is 0 Å². The van der Waals surface area contributed by atoms with Crippen molar-refractivity contribution < 1.29 is 23.5 Å². The highest BCUT2D eigenvalue weighted by molar-refractivity contribution is 5.84. The Labute approximate surface area is 146 Å². The van der Waals surface area contributed by atoms with Crippen molar-refractivity contribution in [2.45, 2.75) is 57.7 Å². The molecule has 1 fully saturated rings. The van der Waals surface area contributed by atoms with Gasteiger partial charge in [0.05, 0.1) is 6.54 Å². The van der Waals surface area contributed by atoms with Gasteiger partial charge >= 0.3 is 5.97 Å². The van der Waals surface area contributed by atoms with Crippen molar-refractivity contribution in [3.63, 3.8) is 0 Å². The van der Waals surface area contributed by atoms with Gasteiger partial charge in [0.25, 0.3) is 0 Å². The summed E-state index contributed by atoms with van der Waals surface area (Å²) in [6, 6.07) is 2.56. The van der Waals surface area contributed by atoms with Gasteiger partial charge in [0.1, 0.15) is 6.04 Å². The monoisotopic (exact) mass is 354 g/mol. The van der Waals surface area contributed by atoms with Gasteiger partial charge in [-0.25, -0.2) is 13.6 Å². The number of rotatable bonds is 6. The van der Waals surface area contributed by atoms with Crippen LogP contribution in [0.3, 0.4) is 0 Å². The molecule has 1 aliphatic rings. The van der Waals surface area contributed by atoms with Crippen molar-refractivity contribution >= 4 is 11.9 Å². The molecule has 25 heavy (non-hydrogen) atoms. The van der Waals surface area contributed by atoms with Crippen LogP contribution in [-0.4, -0.2) is 46.6 Å². The fourth-order valence-electron chi connectivity index (χ4n) is 3.29. The summed E-state index contributed by atoms with van der Waals surface area (Å²) in [5.41, 5.74) is 0.311. The molecular formula is C18H24F2N2O3. The van der Waals surface area contributed by atoms with Gasteiger partial charge < -0.3 is 10.4 Å². The molecule has 0 unspecified atom stereocenters. The topological polar surface area (TPSA) is 69.6 Å². The highest BCUT2D eigenvalue weighted by Gasteiger charge is 2.28. The molecule has 0 bridgehead atoms. The van der Waals surface area contributed by atoms with Crippen molar-refractivity contribution in [1.29, 1.82) is 0 Å². The third-order valence-corrected chi connectivity index (χ3v) is 4.76. The second-order valence-electron chi connectivity index (χ2n) is 6.71. The first-order chi connectivity index (χ1) is 11.8.